The predicted molar refractivity (Wildman–Crippen MR) is 63.4 cm³/mol. The van der Waals surface area contributed by atoms with Crippen molar-refractivity contribution in [2.45, 2.75) is 13.8 Å². The van der Waals surface area contributed by atoms with Crippen molar-refractivity contribution in [1.29, 1.82) is 0 Å². The Morgan fingerprint density at radius 3 is 2.17 bits per heavy atom. The molecular formula is C13H12F2N2O. The number of aromatic nitrogens is 2. The van der Waals surface area contributed by atoms with Crippen LogP contribution in [-0.2, 0) is 0 Å². The largest absolute Gasteiger partial charge is 0.494 e. The van der Waals surface area contributed by atoms with E-state index in [1.54, 1.807) is 13.8 Å². The van der Waals surface area contributed by atoms with Crippen molar-refractivity contribution in [3.8, 4) is 16.9 Å². The van der Waals surface area contributed by atoms with Gasteiger partial charge in [-0.05, 0) is 19.9 Å². The molecule has 0 aliphatic carbocycles. The summed E-state index contributed by atoms with van der Waals surface area (Å²) in [4.78, 5) is 8.00. The lowest BCUT2D eigenvalue weighted by atomic mass is 10.0. The van der Waals surface area contributed by atoms with Crippen LogP contribution in [0.25, 0.3) is 11.1 Å². The zero-order valence-electron chi connectivity index (χ0n) is 10.3. The molecule has 94 valence electrons. The van der Waals surface area contributed by atoms with Gasteiger partial charge in [-0.25, -0.2) is 18.7 Å². The third-order valence-corrected chi connectivity index (χ3v) is 2.74. The van der Waals surface area contributed by atoms with Crippen LogP contribution in [0.1, 0.15) is 11.4 Å². The Kier molecular flexibility index (Phi) is 3.23. The number of halogens is 2. The minimum absolute atomic E-state index is 0.122. The molecule has 0 atom stereocenters. The summed E-state index contributed by atoms with van der Waals surface area (Å²) >= 11 is 0. The lowest BCUT2D eigenvalue weighted by Gasteiger charge is -2.11. The summed E-state index contributed by atoms with van der Waals surface area (Å²) in [6.07, 6.45) is 1.39. The summed E-state index contributed by atoms with van der Waals surface area (Å²) in [6.45, 7) is 3.46. The first-order valence-corrected chi connectivity index (χ1v) is 5.36. The Hall–Kier alpha value is -2.04. The molecule has 0 N–H and O–H groups in total. The maximum absolute atomic E-state index is 14.0. The van der Waals surface area contributed by atoms with Crippen LogP contribution < -0.4 is 4.74 Å². The highest BCUT2D eigenvalue weighted by molar-refractivity contribution is 5.69. The normalized spacial score (nSPS) is 10.5. The molecule has 3 nitrogen and oxygen atoms in total. The van der Waals surface area contributed by atoms with E-state index in [2.05, 4.69) is 9.97 Å². The van der Waals surface area contributed by atoms with Gasteiger partial charge >= 0.3 is 0 Å². The van der Waals surface area contributed by atoms with E-state index >= 15 is 0 Å². The number of hydrogen-bond donors (Lipinski definition) is 0. The van der Waals surface area contributed by atoms with E-state index in [-0.39, 0.29) is 11.3 Å². The topological polar surface area (TPSA) is 35.0 Å². The van der Waals surface area contributed by atoms with Gasteiger partial charge in [-0.1, -0.05) is 0 Å². The highest BCUT2D eigenvalue weighted by atomic mass is 19.1. The smallest absolute Gasteiger partial charge is 0.165 e. The van der Waals surface area contributed by atoms with Gasteiger partial charge in [-0.15, -0.1) is 0 Å². The van der Waals surface area contributed by atoms with Gasteiger partial charge in [-0.3, -0.25) is 0 Å². The number of benzene rings is 1. The minimum Gasteiger partial charge on any atom is -0.494 e. The van der Waals surface area contributed by atoms with E-state index < -0.39 is 11.6 Å². The monoisotopic (exact) mass is 250 g/mol. The molecular weight excluding hydrogens is 238 g/mol. The van der Waals surface area contributed by atoms with Crippen LogP contribution in [0.4, 0.5) is 8.78 Å². The first-order chi connectivity index (χ1) is 8.54. The van der Waals surface area contributed by atoms with Gasteiger partial charge in [0.2, 0.25) is 0 Å². The first-order valence-electron chi connectivity index (χ1n) is 5.36. The molecule has 1 aromatic heterocycles. The SMILES string of the molecule is COc1cc(F)c(-c2c(C)ncnc2C)cc1F. The third-order valence-electron chi connectivity index (χ3n) is 2.74. The van der Waals surface area contributed by atoms with Gasteiger partial charge in [0.05, 0.1) is 7.11 Å². The number of methoxy groups -OCH3 is 1. The van der Waals surface area contributed by atoms with Crippen molar-refractivity contribution in [3.63, 3.8) is 0 Å². The number of rotatable bonds is 2. The molecule has 0 saturated carbocycles. The number of hydrogen-bond acceptors (Lipinski definition) is 3. The molecule has 0 spiro atoms. The third kappa shape index (κ3) is 2.03. The Morgan fingerprint density at radius 2 is 1.61 bits per heavy atom. The fourth-order valence-electron chi connectivity index (χ4n) is 1.86. The molecule has 18 heavy (non-hydrogen) atoms. The average molecular weight is 250 g/mol. The van der Waals surface area contributed by atoms with E-state index in [1.807, 2.05) is 0 Å². The van der Waals surface area contributed by atoms with Gasteiger partial charge in [0.25, 0.3) is 0 Å². The Bertz CT molecular complexity index is 580. The summed E-state index contributed by atoms with van der Waals surface area (Å²) < 4.78 is 32.3. The quantitative estimate of drug-likeness (QED) is 0.821. The zero-order chi connectivity index (χ0) is 13.3. The summed E-state index contributed by atoms with van der Waals surface area (Å²) in [7, 11) is 1.29. The van der Waals surface area contributed by atoms with Gasteiger partial charge in [0, 0.05) is 28.6 Å². The molecule has 0 aliphatic heterocycles. The predicted octanol–water partition coefficient (Wildman–Crippen LogP) is 3.05. The maximum Gasteiger partial charge on any atom is 0.165 e. The summed E-state index contributed by atoms with van der Waals surface area (Å²) in [5.41, 5.74) is 1.86. The molecule has 0 fully saturated rings. The van der Waals surface area contributed by atoms with Crippen LogP contribution in [0, 0.1) is 25.5 Å². The van der Waals surface area contributed by atoms with Crippen molar-refractivity contribution in [1.82, 2.24) is 9.97 Å². The van der Waals surface area contributed by atoms with Crippen molar-refractivity contribution < 1.29 is 13.5 Å². The average Bonchev–Trinajstić information content (AvgIpc) is 2.32. The molecule has 2 aromatic rings. The summed E-state index contributed by atoms with van der Waals surface area (Å²) in [6, 6.07) is 2.13. The Morgan fingerprint density at radius 1 is 1.00 bits per heavy atom. The van der Waals surface area contributed by atoms with Crippen LogP contribution in [-0.4, -0.2) is 17.1 Å². The van der Waals surface area contributed by atoms with Crippen LogP contribution in [0.3, 0.4) is 0 Å². The number of nitrogens with zero attached hydrogens (tertiary/aromatic N) is 2. The first kappa shape index (κ1) is 12.4. The van der Waals surface area contributed by atoms with Gasteiger partial charge in [0.1, 0.15) is 12.1 Å². The molecule has 1 aromatic carbocycles. The molecule has 0 aliphatic rings. The van der Waals surface area contributed by atoms with E-state index in [9.17, 15) is 8.78 Å². The number of ether oxygens (including phenoxy) is 1. The molecule has 2 rings (SSSR count). The molecule has 0 unspecified atom stereocenters. The van der Waals surface area contributed by atoms with Gasteiger partial charge < -0.3 is 4.74 Å². The minimum atomic E-state index is -0.614. The zero-order valence-corrected chi connectivity index (χ0v) is 10.3. The van der Waals surface area contributed by atoms with Gasteiger partial charge in [0.15, 0.2) is 11.6 Å². The fraction of sp³-hybridized carbons (Fsp3) is 0.231. The fourth-order valence-corrected chi connectivity index (χ4v) is 1.86. The molecule has 0 saturated heterocycles. The number of aryl methyl sites for hydroxylation is 2. The van der Waals surface area contributed by atoms with Crippen LogP contribution in [0.5, 0.6) is 5.75 Å². The highest BCUT2D eigenvalue weighted by Crippen LogP contribution is 2.31. The van der Waals surface area contributed by atoms with E-state index in [4.69, 9.17) is 4.74 Å². The van der Waals surface area contributed by atoms with E-state index in [0.29, 0.717) is 17.0 Å². The second kappa shape index (κ2) is 4.68. The Balaban J connectivity index is 2.68. The lowest BCUT2D eigenvalue weighted by molar-refractivity contribution is 0.383. The molecule has 5 heteroatoms. The second-order valence-corrected chi connectivity index (χ2v) is 3.89. The molecule has 0 bridgehead atoms. The molecule has 0 radical (unpaired) electrons. The Labute approximate surface area is 103 Å². The van der Waals surface area contributed by atoms with Crippen LogP contribution in [0.15, 0.2) is 18.5 Å². The summed E-state index contributed by atoms with van der Waals surface area (Å²) in [5.74, 6) is -1.30. The highest BCUT2D eigenvalue weighted by Gasteiger charge is 2.16. The standard InChI is InChI=1S/C13H12F2N2O/c1-7-13(8(2)17-6-16-7)9-4-11(15)12(18-3)5-10(9)14/h4-6H,1-3H3. The maximum atomic E-state index is 14.0. The van der Waals surface area contributed by atoms with Crippen molar-refractivity contribution in [3.05, 3.63) is 41.5 Å². The van der Waals surface area contributed by atoms with E-state index in [0.717, 1.165) is 12.1 Å². The van der Waals surface area contributed by atoms with Crippen molar-refractivity contribution >= 4 is 0 Å². The molecule has 0 amide bonds. The van der Waals surface area contributed by atoms with Gasteiger partial charge in [-0.2, -0.15) is 0 Å². The van der Waals surface area contributed by atoms with Crippen LogP contribution in [0.2, 0.25) is 0 Å². The second-order valence-electron chi connectivity index (χ2n) is 3.89. The van der Waals surface area contributed by atoms with Crippen molar-refractivity contribution in [2.24, 2.45) is 0 Å². The summed E-state index contributed by atoms with van der Waals surface area (Å²) in [5, 5.41) is 0. The van der Waals surface area contributed by atoms with E-state index in [1.165, 1.54) is 13.4 Å². The lowest BCUT2D eigenvalue weighted by Crippen LogP contribution is -1.99. The molecule has 1 heterocycles. The van der Waals surface area contributed by atoms with Crippen LogP contribution >= 0.6 is 0 Å². The van der Waals surface area contributed by atoms with Crippen molar-refractivity contribution in [2.75, 3.05) is 7.11 Å².